The summed E-state index contributed by atoms with van der Waals surface area (Å²) >= 11 is 0. The van der Waals surface area contributed by atoms with Gasteiger partial charge in [0.25, 0.3) is 0 Å². The number of halogens is 3. The molecule has 1 aliphatic rings. The fraction of sp³-hybridized carbons (Fsp3) is 0.250. The molecule has 4 aromatic carbocycles. The number of aromatic nitrogens is 1. The Balaban J connectivity index is 1.51. The third-order valence-electron chi connectivity index (χ3n) is 8.30. The number of fused-ring (bicyclic) bond motifs is 5. The lowest BCUT2D eigenvalue weighted by Crippen LogP contribution is -2.52. The normalized spacial score (nSPS) is 17.4. The molecule has 0 radical (unpaired) electrons. The van der Waals surface area contributed by atoms with Crippen LogP contribution in [-0.4, -0.2) is 35.3 Å². The minimum absolute atomic E-state index is 0.130. The molecule has 2 atom stereocenters. The number of nitrogens with zero attached hydrogens (tertiary/aromatic N) is 1. The molecule has 0 N–H and O–H groups in total. The zero-order valence-electron chi connectivity index (χ0n) is 26.1. The van der Waals surface area contributed by atoms with Crippen LogP contribution < -0.4 is 14.9 Å². The van der Waals surface area contributed by atoms with Gasteiger partial charge in [0.2, 0.25) is 5.43 Å². The Morgan fingerprint density at radius 1 is 0.979 bits per heavy atom. The molecule has 0 saturated heterocycles. The molecule has 6 rings (SSSR count). The fourth-order valence-electron chi connectivity index (χ4n) is 6.18. The third kappa shape index (κ3) is 5.66. The number of alkyl halides is 3. The van der Waals surface area contributed by atoms with E-state index in [9.17, 15) is 27.6 Å². The fourth-order valence-corrected chi connectivity index (χ4v) is 6.18. The second-order valence-corrected chi connectivity index (χ2v) is 11.9. The van der Waals surface area contributed by atoms with Gasteiger partial charge in [0, 0.05) is 31.5 Å². The van der Waals surface area contributed by atoms with Crippen LogP contribution in [0.15, 0.2) is 77.6 Å². The van der Waals surface area contributed by atoms with Gasteiger partial charge in [-0.3, -0.25) is 9.59 Å². The van der Waals surface area contributed by atoms with Crippen LogP contribution >= 0.6 is 0 Å². The minimum Gasteiger partial charge on any atom is -0.496 e. The van der Waals surface area contributed by atoms with Crippen molar-refractivity contribution in [1.82, 2.24) is 4.57 Å². The molecule has 5 aromatic rings. The SMILES string of the molecule is COc1cc2c(c3c1c(=O)c1cc4ccccc4cc1n3C)C(OC(C)=O)C(OC(=O)/C=C/c1cccc(C(F)(F)F)c1)C(C)(C)O2. The van der Waals surface area contributed by atoms with Gasteiger partial charge < -0.3 is 23.5 Å². The van der Waals surface area contributed by atoms with E-state index in [1.807, 2.05) is 36.4 Å². The molecule has 0 amide bonds. The van der Waals surface area contributed by atoms with E-state index >= 15 is 0 Å². The Morgan fingerprint density at radius 3 is 2.34 bits per heavy atom. The van der Waals surface area contributed by atoms with Crippen molar-refractivity contribution in [3.63, 3.8) is 0 Å². The summed E-state index contributed by atoms with van der Waals surface area (Å²) in [7, 11) is 3.20. The number of ether oxygens (including phenoxy) is 4. The second kappa shape index (κ2) is 11.5. The summed E-state index contributed by atoms with van der Waals surface area (Å²) in [5.41, 5.74) is -1.08. The van der Waals surface area contributed by atoms with Crippen LogP contribution in [0.5, 0.6) is 11.5 Å². The van der Waals surface area contributed by atoms with Gasteiger partial charge in [-0.1, -0.05) is 36.4 Å². The zero-order valence-corrected chi connectivity index (χ0v) is 26.1. The first-order chi connectivity index (χ1) is 22.2. The second-order valence-electron chi connectivity index (χ2n) is 11.9. The summed E-state index contributed by atoms with van der Waals surface area (Å²) < 4.78 is 65.1. The topological polar surface area (TPSA) is 93.1 Å². The van der Waals surface area contributed by atoms with Gasteiger partial charge in [0.05, 0.1) is 34.7 Å². The van der Waals surface area contributed by atoms with E-state index in [1.54, 1.807) is 31.5 Å². The Hall–Kier alpha value is -5.32. The van der Waals surface area contributed by atoms with E-state index in [4.69, 9.17) is 18.9 Å². The predicted molar refractivity (Wildman–Crippen MR) is 170 cm³/mol. The Kier molecular flexibility index (Phi) is 7.73. The maximum absolute atomic E-state index is 14.2. The van der Waals surface area contributed by atoms with Crippen molar-refractivity contribution >= 4 is 50.6 Å². The summed E-state index contributed by atoms with van der Waals surface area (Å²) in [6.07, 6.45) is -4.84. The maximum Gasteiger partial charge on any atom is 0.416 e. The number of esters is 2. The van der Waals surface area contributed by atoms with Crippen molar-refractivity contribution in [2.75, 3.05) is 7.11 Å². The summed E-state index contributed by atoms with van der Waals surface area (Å²) in [6, 6.07) is 17.4. The van der Waals surface area contributed by atoms with Crippen LogP contribution in [-0.2, 0) is 32.3 Å². The number of hydrogen-bond donors (Lipinski definition) is 0. The number of carbonyl (C=O) groups excluding carboxylic acids is 2. The largest absolute Gasteiger partial charge is 0.496 e. The van der Waals surface area contributed by atoms with Gasteiger partial charge in [-0.2, -0.15) is 13.2 Å². The molecular weight excluding hydrogens is 615 g/mol. The average molecular weight is 646 g/mol. The van der Waals surface area contributed by atoms with Gasteiger partial charge >= 0.3 is 18.1 Å². The van der Waals surface area contributed by atoms with E-state index in [1.165, 1.54) is 32.2 Å². The average Bonchev–Trinajstić information content (AvgIpc) is 3.02. The number of pyridine rings is 1. The van der Waals surface area contributed by atoms with Crippen molar-refractivity contribution in [2.24, 2.45) is 7.05 Å². The van der Waals surface area contributed by atoms with Crippen LogP contribution in [0, 0.1) is 0 Å². The minimum atomic E-state index is -4.55. The van der Waals surface area contributed by atoms with Crippen molar-refractivity contribution in [1.29, 1.82) is 0 Å². The van der Waals surface area contributed by atoms with Gasteiger partial charge in [-0.25, -0.2) is 4.79 Å². The number of benzene rings is 4. The Bertz CT molecular complexity index is 2180. The summed E-state index contributed by atoms with van der Waals surface area (Å²) in [6.45, 7) is 4.49. The van der Waals surface area contributed by atoms with Crippen molar-refractivity contribution in [2.45, 2.75) is 44.8 Å². The Morgan fingerprint density at radius 2 is 1.68 bits per heavy atom. The molecule has 47 heavy (non-hydrogen) atoms. The van der Waals surface area contributed by atoms with Crippen molar-refractivity contribution in [3.05, 3.63) is 99.7 Å². The van der Waals surface area contributed by atoms with E-state index in [0.717, 1.165) is 29.0 Å². The molecule has 0 aliphatic carbocycles. The van der Waals surface area contributed by atoms with Crippen LogP contribution in [0.3, 0.4) is 0 Å². The number of methoxy groups -OCH3 is 1. The summed E-state index contributed by atoms with van der Waals surface area (Å²) in [4.78, 5) is 39.9. The molecule has 0 saturated carbocycles. The third-order valence-corrected chi connectivity index (χ3v) is 8.30. The highest BCUT2D eigenvalue weighted by molar-refractivity contribution is 6.04. The number of hydrogen-bond acceptors (Lipinski definition) is 7. The van der Waals surface area contributed by atoms with Gasteiger partial charge in [0.15, 0.2) is 12.2 Å². The molecule has 2 unspecified atom stereocenters. The number of aryl methyl sites for hydroxylation is 1. The van der Waals surface area contributed by atoms with Crippen molar-refractivity contribution < 1.29 is 41.7 Å². The van der Waals surface area contributed by atoms with Gasteiger partial charge in [-0.15, -0.1) is 0 Å². The molecule has 0 bridgehead atoms. The lowest BCUT2D eigenvalue weighted by atomic mass is 9.86. The molecule has 1 aliphatic heterocycles. The highest BCUT2D eigenvalue weighted by Gasteiger charge is 2.50. The van der Waals surface area contributed by atoms with Crippen molar-refractivity contribution in [3.8, 4) is 11.5 Å². The first-order valence-electron chi connectivity index (χ1n) is 14.7. The molecule has 0 fully saturated rings. The summed E-state index contributed by atoms with van der Waals surface area (Å²) in [5, 5.41) is 2.44. The monoisotopic (exact) mass is 645 g/mol. The molecule has 242 valence electrons. The number of carbonyl (C=O) groups is 2. The Labute approximate surface area is 266 Å². The van der Waals surface area contributed by atoms with Crippen LogP contribution in [0.4, 0.5) is 13.2 Å². The molecular formula is C36H30F3NO7. The van der Waals surface area contributed by atoms with E-state index < -0.39 is 41.5 Å². The maximum atomic E-state index is 14.2. The lowest BCUT2D eigenvalue weighted by Gasteiger charge is -2.43. The summed E-state index contributed by atoms with van der Waals surface area (Å²) in [5.74, 6) is -1.09. The predicted octanol–water partition coefficient (Wildman–Crippen LogP) is 7.27. The van der Waals surface area contributed by atoms with Gasteiger partial charge in [0.1, 0.15) is 17.1 Å². The first-order valence-corrected chi connectivity index (χ1v) is 14.7. The highest BCUT2D eigenvalue weighted by Crippen LogP contribution is 2.49. The van der Waals surface area contributed by atoms with E-state index in [2.05, 4.69) is 0 Å². The van der Waals surface area contributed by atoms with Crippen LogP contribution in [0.2, 0.25) is 0 Å². The van der Waals surface area contributed by atoms with Crippen LogP contribution in [0.1, 0.15) is 43.6 Å². The molecule has 8 nitrogen and oxygen atoms in total. The molecule has 0 spiro atoms. The van der Waals surface area contributed by atoms with E-state index in [-0.39, 0.29) is 27.9 Å². The smallest absolute Gasteiger partial charge is 0.416 e. The van der Waals surface area contributed by atoms with Gasteiger partial charge in [-0.05, 0) is 60.5 Å². The molecule has 11 heteroatoms. The zero-order chi connectivity index (χ0) is 33.8. The van der Waals surface area contributed by atoms with E-state index in [0.29, 0.717) is 22.0 Å². The first kappa shape index (κ1) is 31.7. The quantitative estimate of drug-likeness (QED) is 0.113. The number of rotatable bonds is 5. The standard InChI is InChI=1S/C36H30F3NO7/c1-19(41)45-33-30-27(47-35(2,3)34(33)46-28(42)14-13-20-9-8-12-23(15-20)36(37,38)39)18-26(44-5)29-31(30)40(4)25-17-22-11-7-6-10-21(22)16-24(25)32(29)43/h6-18,33-34H,1-5H3/b14-13+. The highest BCUT2D eigenvalue weighted by atomic mass is 19.4. The van der Waals surface area contributed by atoms with Crippen LogP contribution in [0.25, 0.3) is 38.7 Å². The molecule has 2 heterocycles. The lowest BCUT2D eigenvalue weighted by molar-refractivity contribution is -0.185. The molecule has 1 aromatic heterocycles.